The Morgan fingerprint density at radius 2 is 1.91 bits per heavy atom. The monoisotopic (exact) mass is 306 g/mol. The molecular formula is C16H22N2O4. The summed E-state index contributed by atoms with van der Waals surface area (Å²) in [6.45, 7) is 5.38. The number of nitrogens with two attached hydrogens (primary N) is 1. The van der Waals surface area contributed by atoms with Gasteiger partial charge in [0.1, 0.15) is 6.04 Å². The molecule has 1 aromatic rings. The molecule has 0 bridgehead atoms. The van der Waals surface area contributed by atoms with Crippen molar-refractivity contribution in [1.82, 2.24) is 5.32 Å². The first-order valence-electron chi connectivity index (χ1n) is 6.96. The molecule has 0 radical (unpaired) electrons. The second-order valence-corrected chi connectivity index (χ2v) is 5.04. The van der Waals surface area contributed by atoms with Crippen molar-refractivity contribution in [3.63, 3.8) is 0 Å². The summed E-state index contributed by atoms with van der Waals surface area (Å²) in [5.41, 5.74) is 5.85. The van der Waals surface area contributed by atoms with E-state index in [0.717, 1.165) is 5.56 Å². The maximum Gasteiger partial charge on any atom is 0.244 e. The average Bonchev–Trinajstić information content (AvgIpc) is 2.45. The second kappa shape index (κ2) is 8.07. The number of methoxy groups -OCH3 is 1. The lowest BCUT2D eigenvalue weighted by Crippen LogP contribution is -2.41. The van der Waals surface area contributed by atoms with Crippen LogP contribution in [0.3, 0.4) is 0 Å². The molecule has 0 aromatic heterocycles. The van der Waals surface area contributed by atoms with Crippen LogP contribution >= 0.6 is 0 Å². The molecule has 0 saturated heterocycles. The number of rotatable bonds is 7. The fraction of sp³-hybridized carbons (Fsp3) is 0.375. The second-order valence-electron chi connectivity index (χ2n) is 5.04. The van der Waals surface area contributed by atoms with E-state index in [1.807, 2.05) is 19.9 Å². The predicted octanol–water partition coefficient (Wildman–Crippen LogP) is 1.49. The number of ether oxygens (including phenoxy) is 2. The highest BCUT2D eigenvalue weighted by Crippen LogP contribution is 2.29. The third kappa shape index (κ3) is 5.47. The molecular weight excluding hydrogens is 284 g/mol. The highest BCUT2D eigenvalue weighted by Gasteiger charge is 2.10. The van der Waals surface area contributed by atoms with Crippen molar-refractivity contribution in [3.05, 3.63) is 29.8 Å². The highest BCUT2D eigenvalue weighted by atomic mass is 16.5. The maximum absolute atomic E-state index is 11.6. The van der Waals surface area contributed by atoms with E-state index in [0.29, 0.717) is 11.5 Å². The van der Waals surface area contributed by atoms with Crippen LogP contribution in [0.1, 0.15) is 26.3 Å². The minimum Gasteiger partial charge on any atom is -0.493 e. The van der Waals surface area contributed by atoms with Gasteiger partial charge in [-0.3, -0.25) is 9.59 Å². The lowest BCUT2D eigenvalue weighted by molar-refractivity contribution is -0.124. The van der Waals surface area contributed by atoms with E-state index < -0.39 is 17.9 Å². The molecule has 1 atom stereocenters. The van der Waals surface area contributed by atoms with Gasteiger partial charge in [0, 0.05) is 6.08 Å². The van der Waals surface area contributed by atoms with Crippen molar-refractivity contribution in [1.29, 1.82) is 0 Å². The van der Waals surface area contributed by atoms with Crippen LogP contribution in [-0.4, -0.2) is 31.1 Å². The summed E-state index contributed by atoms with van der Waals surface area (Å²) in [6.07, 6.45) is 2.98. The molecule has 0 fully saturated rings. The molecule has 1 aromatic carbocycles. The average molecular weight is 306 g/mol. The fourth-order valence-corrected chi connectivity index (χ4v) is 1.64. The summed E-state index contributed by atoms with van der Waals surface area (Å²) in [5, 5.41) is 2.46. The molecule has 0 aliphatic carbocycles. The first-order valence-corrected chi connectivity index (χ1v) is 6.96. The SMILES string of the molecule is COc1cc(/C=C/C(=O)NC(C)C(N)=O)ccc1OC(C)C. The number of benzene rings is 1. The number of hydrogen-bond acceptors (Lipinski definition) is 4. The van der Waals surface area contributed by atoms with Gasteiger partial charge in [-0.2, -0.15) is 0 Å². The van der Waals surface area contributed by atoms with Crippen LogP contribution in [0.4, 0.5) is 0 Å². The van der Waals surface area contributed by atoms with Crippen molar-refractivity contribution >= 4 is 17.9 Å². The number of amides is 2. The molecule has 0 aliphatic heterocycles. The maximum atomic E-state index is 11.6. The Hall–Kier alpha value is -2.50. The minimum atomic E-state index is -0.714. The lowest BCUT2D eigenvalue weighted by atomic mass is 10.2. The molecule has 1 rings (SSSR count). The lowest BCUT2D eigenvalue weighted by Gasteiger charge is -2.13. The van der Waals surface area contributed by atoms with Gasteiger partial charge in [-0.05, 0) is 44.5 Å². The highest BCUT2D eigenvalue weighted by molar-refractivity contribution is 5.95. The summed E-state index contributed by atoms with van der Waals surface area (Å²) in [4.78, 5) is 22.5. The Balaban J connectivity index is 2.79. The summed E-state index contributed by atoms with van der Waals surface area (Å²) in [7, 11) is 1.55. The largest absolute Gasteiger partial charge is 0.493 e. The van der Waals surface area contributed by atoms with Gasteiger partial charge in [0.15, 0.2) is 11.5 Å². The van der Waals surface area contributed by atoms with Crippen molar-refractivity contribution in [3.8, 4) is 11.5 Å². The van der Waals surface area contributed by atoms with E-state index in [-0.39, 0.29) is 6.10 Å². The van der Waals surface area contributed by atoms with Crippen molar-refractivity contribution in [2.24, 2.45) is 5.73 Å². The molecule has 3 N–H and O–H groups in total. The van der Waals surface area contributed by atoms with Gasteiger partial charge >= 0.3 is 0 Å². The minimum absolute atomic E-state index is 0.0383. The normalized spacial score (nSPS) is 12.2. The molecule has 2 amide bonds. The van der Waals surface area contributed by atoms with Crippen LogP contribution in [0.2, 0.25) is 0 Å². The van der Waals surface area contributed by atoms with E-state index >= 15 is 0 Å². The molecule has 6 heteroatoms. The van der Waals surface area contributed by atoms with Crippen molar-refractivity contribution < 1.29 is 19.1 Å². The van der Waals surface area contributed by atoms with Crippen LogP contribution in [0.5, 0.6) is 11.5 Å². The Labute approximate surface area is 130 Å². The van der Waals surface area contributed by atoms with E-state index in [9.17, 15) is 9.59 Å². The van der Waals surface area contributed by atoms with Gasteiger partial charge < -0.3 is 20.5 Å². The van der Waals surface area contributed by atoms with Crippen LogP contribution in [0.25, 0.3) is 6.08 Å². The Morgan fingerprint density at radius 1 is 1.23 bits per heavy atom. The zero-order valence-electron chi connectivity index (χ0n) is 13.3. The van der Waals surface area contributed by atoms with Crippen molar-refractivity contribution in [2.45, 2.75) is 32.9 Å². The zero-order valence-corrected chi connectivity index (χ0v) is 13.3. The Kier molecular flexibility index (Phi) is 6.44. The number of primary amides is 1. The molecule has 0 saturated carbocycles. The Bertz CT molecular complexity index is 567. The van der Waals surface area contributed by atoms with E-state index in [1.54, 1.807) is 25.3 Å². The van der Waals surface area contributed by atoms with Gasteiger partial charge in [-0.1, -0.05) is 6.07 Å². The van der Waals surface area contributed by atoms with E-state index in [1.165, 1.54) is 13.0 Å². The van der Waals surface area contributed by atoms with Crippen molar-refractivity contribution in [2.75, 3.05) is 7.11 Å². The van der Waals surface area contributed by atoms with E-state index in [4.69, 9.17) is 15.2 Å². The third-order valence-electron chi connectivity index (χ3n) is 2.76. The van der Waals surface area contributed by atoms with Gasteiger partial charge in [0.05, 0.1) is 13.2 Å². The molecule has 0 heterocycles. The van der Waals surface area contributed by atoms with Gasteiger partial charge in [0.25, 0.3) is 0 Å². The fourth-order valence-electron chi connectivity index (χ4n) is 1.64. The third-order valence-corrected chi connectivity index (χ3v) is 2.76. The van der Waals surface area contributed by atoms with Crippen LogP contribution in [0.15, 0.2) is 24.3 Å². The molecule has 120 valence electrons. The number of hydrogen-bond donors (Lipinski definition) is 2. The summed E-state index contributed by atoms with van der Waals surface area (Å²) in [5.74, 6) is 0.245. The molecule has 1 unspecified atom stereocenters. The topological polar surface area (TPSA) is 90.6 Å². The first kappa shape index (κ1) is 17.6. The molecule has 6 nitrogen and oxygen atoms in total. The summed E-state index contributed by atoms with van der Waals surface area (Å²) in [6, 6.07) is 4.64. The zero-order chi connectivity index (χ0) is 16.7. The number of carbonyl (C=O) groups is 2. The van der Waals surface area contributed by atoms with Gasteiger partial charge in [-0.25, -0.2) is 0 Å². The molecule has 0 spiro atoms. The number of carbonyl (C=O) groups excluding carboxylic acids is 2. The van der Waals surface area contributed by atoms with Crippen LogP contribution < -0.4 is 20.5 Å². The smallest absolute Gasteiger partial charge is 0.244 e. The first-order chi connectivity index (χ1) is 10.3. The number of nitrogens with one attached hydrogen (secondary N) is 1. The molecule has 0 aliphatic rings. The Morgan fingerprint density at radius 3 is 2.45 bits per heavy atom. The van der Waals surface area contributed by atoms with Crippen LogP contribution in [0, 0.1) is 0 Å². The standard InChI is InChI=1S/C16H22N2O4/c1-10(2)22-13-7-5-12(9-14(13)21-4)6-8-15(19)18-11(3)16(17)20/h5-11H,1-4H3,(H2,17,20)(H,18,19)/b8-6+. The van der Waals surface area contributed by atoms with Gasteiger partial charge in [0.2, 0.25) is 11.8 Å². The van der Waals surface area contributed by atoms with E-state index in [2.05, 4.69) is 5.32 Å². The summed E-state index contributed by atoms with van der Waals surface area (Å²) >= 11 is 0. The quantitative estimate of drug-likeness (QED) is 0.747. The predicted molar refractivity (Wildman–Crippen MR) is 84.6 cm³/mol. The van der Waals surface area contributed by atoms with Gasteiger partial charge in [-0.15, -0.1) is 0 Å². The van der Waals surface area contributed by atoms with Crippen LogP contribution in [-0.2, 0) is 9.59 Å². The molecule has 22 heavy (non-hydrogen) atoms. The summed E-state index contributed by atoms with van der Waals surface area (Å²) < 4.78 is 10.9.